The number of hydrogen-bond acceptors (Lipinski definition) is 13. The number of amides is 4. The molecule has 17 nitrogen and oxygen atoms in total. The third-order valence-corrected chi connectivity index (χ3v) is 16.3. The predicted molar refractivity (Wildman–Crippen MR) is 289 cm³/mol. The summed E-state index contributed by atoms with van der Waals surface area (Å²) >= 11 is 4.12. The molecule has 2 aliphatic rings. The fourth-order valence-electron chi connectivity index (χ4n) is 11.5. The zero-order chi connectivity index (χ0) is 55.0. The van der Waals surface area contributed by atoms with E-state index < -0.39 is 66.1 Å². The Kier molecular flexibility index (Phi) is 24.9. The number of aromatic amines is 1. The van der Waals surface area contributed by atoms with Gasteiger partial charge in [-0.1, -0.05) is 85.9 Å². The normalized spacial score (nSPS) is 19.9. The van der Waals surface area contributed by atoms with Gasteiger partial charge in [-0.15, -0.1) is 0 Å². The lowest BCUT2D eigenvalue weighted by molar-refractivity contribution is -0.149. The number of likely N-dealkylation sites (tertiary alicyclic amines) is 2. The molecular weight excluding hydrogens is 965 g/mol. The number of thiol groups is 1. The van der Waals surface area contributed by atoms with Gasteiger partial charge in [-0.25, -0.2) is 0 Å². The summed E-state index contributed by atoms with van der Waals surface area (Å²) in [5, 5.41) is 14.1. The van der Waals surface area contributed by atoms with Gasteiger partial charge in [0.2, 0.25) is 23.6 Å². The topological polar surface area (TPSA) is 216 Å². The number of ether oxygens (including phenoxy) is 2. The average Bonchev–Trinajstić information content (AvgIpc) is 4.09. The van der Waals surface area contributed by atoms with Gasteiger partial charge in [-0.3, -0.25) is 48.7 Å². The van der Waals surface area contributed by atoms with Crippen molar-refractivity contribution in [2.24, 2.45) is 35.5 Å². The van der Waals surface area contributed by atoms with E-state index in [1.807, 2.05) is 72.9 Å². The second-order valence-electron chi connectivity index (χ2n) is 21.7. The number of aromatic nitrogens is 1. The molecule has 0 spiro atoms. The zero-order valence-electron chi connectivity index (χ0n) is 46.0. The maximum absolute atomic E-state index is 14.7. The molecule has 3 N–H and O–H groups in total. The molecule has 11 atom stereocenters. The number of H-pyrrole nitrogens is 1. The zero-order valence-corrected chi connectivity index (χ0v) is 46.9. The number of aliphatic carboxylic acids is 1. The Labute approximate surface area is 445 Å². The van der Waals surface area contributed by atoms with E-state index in [1.54, 1.807) is 37.1 Å². The molecular formula is C56H88N6O11S. The summed E-state index contributed by atoms with van der Waals surface area (Å²) in [5.41, 5.74) is 1.72. The smallest absolute Gasteiger partial charge is 0.307 e. The highest BCUT2D eigenvalue weighted by Gasteiger charge is 2.44. The molecule has 414 valence electrons. The van der Waals surface area contributed by atoms with Crippen LogP contribution in [0.2, 0.25) is 0 Å². The van der Waals surface area contributed by atoms with Crippen LogP contribution in [0.15, 0.2) is 30.5 Å². The van der Waals surface area contributed by atoms with Crippen molar-refractivity contribution in [3.8, 4) is 0 Å². The highest BCUT2D eigenvalue weighted by molar-refractivity contribution is 7.80. The molecule has 1 aromatic heterocycles. The number of carboxylic acid groups (broad SMARTS) is 1. The van der Waals surface area contributed by atoms with E-state index >= 15 is 0 Å². The Balaban J connectivity index is 1.37. The minimum absolute atomic E-state index is 0.0151. The standard InChI is InChI=1S/C56H88N6O11S/c1-12-36(6)52(48(72-10)30-50(67)61-25-19-22-45(61)53(73-11)37(7)46(64)27-38(56(70)71)26-39-31-57-43-21-16-15-20-41(39)43)60(9)54(68)42(34(2)3)28-47(65)51(35(4)5)59(8)23-17-13-14-18-24-62-49(66)29-44(55(62)69)58-40(32-63)33-74/h15-16,20-21,31-32,34-38,40,42,44-45,48,51-53,57-58,74H,12-14,17-19,22-30,33H2,1-11H3,(H,70,71)/t36-,37-,38+,40+,42-,44?,45-,48+,51-,52-,53+/m0/s1. The number of rotatable bonds is 34. The summed E-state index contributed by atoms with van der Waals surface area (Å²) in [6.45, 7) is 15.2. The summed E-state index contributed by atoms with van der Waals surface area (Å²) in [7, 11) is 6.75. The van der Waals surface area contributed by atoms with Crippen LogP contribution in [0.1, 0.15) is 125 Å². The molecule has 4 rings (SSSR count). The first-order chi connectivity index (χ1) is 35.1. The number of Topliss-reactive ketones (excluding diaryl/α,β-unsaturated/α-hetero) is 2. The molecule has 2 aromatic rings. The minimum atomic E-state index is -1.05. The lowest BCUT2D eigenvalue weighted by Crippen LogP contribution is -2.54. The van der Waals surface area contributed by atoms with Crippen molar-refractivity contribution in [3.63, 3.8) is 0 Å². The molecule has 0 saturated carbocycles. The lowest BCUT2D eigenvalue weighted by Gasteiger charge is -2.41. The lowest BCUT2D eigenvalue weighted by atomic mass is 9.83. The molecule has 0 radical (unpaired) electrons. The summed E-state index contributed by atoms with van der Waals surface area (Å²) < 4.78 is 12.1. The third kappa shape index (κ3) is 16.0. The number of aldehydes is 1. The van der Waals surface area contributed by atoms with Crippen molar-refractivity contribution in [1.82, 2.24) is 29.9 Å². The van der Waals surface area contributed by atoms with Crippen LogP contribution < -0.4 is 5.32 Å². The largest absolute Gasteiger partial charge is 0.481 e. The quantitative estimate of drug-likeness (QED) is 0.0264. The fraction of sp³-hybridized carbons (Fsp3) is 0.714. The maximum Gasteiger partial charge on any atom is 0.307 e. The van der Waals surface area contributed by atoms with Crippen molar-refractivity contribution in [1.29, 1.82) is 0 Å². The number of benzene rings is 1. The summed E-state index contributed by atoms with van der Waals surface area (Å²) in [6, 6.07) is 4.98. The van der Waals surface area contributed by atoms with Crippen LogP contribution in [0.3, 0.4) is 0 Å². The number of fused-ring (bicyclic) bond motifs is 1. The molecule has 0 bridgehead atoms. The monoisotopic (exact) mass is 1050 g/mol. The van der Waals surface area contributed by atoms with Crippen molar-refractivity contribution in [3.05, 3.63) is 36.0 Å². The Morgan fingerprint density at radius 3 is 2.23 bits per heavy atom. The van der Waals surface area contributed by atoms with Crippen LogP contribution in [0, 0.1) is 35.5 Å². The van der Waals surface area contributed by atoms with Gasteiger partial charge in [0.15, 0.2) is 5.78 Å². The number of ketones is 2. The Hall–Kier alpha value is -4.49. The number of imide groups is 1. The maximum atomic E-state index is 14.7. The number of unbranched alkanes of at least 4 members (excludes halogenated alkanes) is 3. The van der Waals surface area contributed by atoms with Crippen LogP contribution in [-0.2, 0) is 54.3 Å². The summed E-state index contributed by atoms with van der Waals surface area (Å²) in [5.74, 6) is -4.54. The van der Waals surface area contributed by atoms with Crippen molar-refractivity contribution < 1.29 is 52.9 Å². The van der Waals surface area contributed by atoms with Gasteiger partial charge in [-0.2, -0.15) is 12.6 Å². The molecule has 4 amide bonds. The first-order valence-electron chi connectivity index (χ1n) is 27.0. The number of methoxy groups -OCH3 is 2. The molecule has 18 heteroatoms. The van der Waals surface area contributed by atoms with E-state index in [4.69, 9.17) is 9.47 Å². The first kappa shape index (κ1) is 62.1. The van der Waals surface area contributed by atoms with Gasteiger partial charge < -0.3 is 34.2 Å². The Morgan fingerprint density at radius 1 is 0.932 bits per heavy atom. The molecule has 2 fully saturated rings. The number of carbonyl (C=O) groups excluding carboxylic acids is 7. The summed E-state index contributed by atoms with van der Waals surface area (Å²) in [4.78, 5) is 117. The highest BCUT2D eigenvalue weighted by atomic mass is 32.1. The van der Waals surface area contributed by atoms with Crippen molar-refractivity contribution in [2.75, 3.05) is 53.7 Å². The van der Waals surface area contributed by atoms with E-state index in [9.17, 15) is 43.5 Å². The van der Waals surface area contributed by atoms with Gasteiger partial charge in [0.25, 0.3) is 0 Å². The summed E-state index contributed by atoms with van der Waals surface area (Å²) in [6.07, 6.45) is 6.25. The molecule has 1 unspecified atom stereocenters. The average molecular weight is 1050 g/mol. The van der Waals surface area contributed by atoms with Gasteiger partial charge in [0.05, 0.1) is 61.2 Å². The number of nitrogens with one attached hydrogen (secondary N) is 2. The van der Waals surface area contributed by atoms with Gasteiger partial charge >= 0.3 is 5.97 Å². The van der Waals surface area contributed by atoms with E-state index in [0.717, 1.165) is 35.7 Å². The van der Waals surface area contributed by atoms with Crippen molar-refractivity contribution in [2.45, 2.75) is 168 Å². The number of carboxylic acids is 1. The van der Waals surface area contributed by atoms with Gasteiger partial charge in [-0.05, 0) is 75.1 Å². The van der Waals surface area contributed by atoms with Crippen LogP contribution in [0.25, 0.3) is 10.9 Å². The molecule has 74 heavy (non-hydrogen) atoms. The Morgan fingerprint density at radius 2 is 1.62 bits per heavy atom. The van der Waals surface area contributed by atoms with Crippen LogP contribution in [0.5, 0.6) is 0 Å². The number of carbonyl (C=O) groups is 8. The molecule has 1 aromatic carbocycles. The minimum Gasteiger partial charge on any atom is -0.481 e. The number of hydrogen-bond donors (Lipinski definition) is 4. The van der Waals surface area contributed by atoms with E-state index in [1.165, 1.54) is 12.0 Å². The van der Waals surface area contributed by atoms with E-state index in [2.05, 4.69) is 27.8 Å². The van der Waals surface area contributed by atoms with E-state index in [-0.39, 0.29) is 90.8 Å². The number of nitrogens with zero attached hydrogens (tertiary/aromatic N) is 4. The van der Waals surface area contributed by atoms with Gasteiger partial charge in [0, 0.05) is 81.9 Å². The Bertz CT molecular complexity index is 2200. The number of likely N-dealkylation sites (N-methyl/N-ethyl adjacent to an activating group) is 2. The van der Waals surface area contributed by atoms with Crippen LogP contribution >= 0.6 is 12.6 Å². The highest BCUT2D eigenvalue weighted by Crippen LogP contribution is 2.33. The van der Waals surface area contributed by atoms with E-state index in [0.29, 0.717) is 51.6 Å². The predicted octanol–water partition coefficient (Wildman–Crippen LogP) is 6.25. The van der Waals surface area contributed by atoms with Gasteiger partial charge in [0.1, 0.15) is 12.1 Å². The molecule has 2 saturated heterocycles. The van der Waals surface area contributed by atoms with Crippen LogP contribution in [0.4, 0.5) is 0 Å². The van der Waals surface area contributed by atoms with Crippen LogP contribution in [-0.4, -0.2) is 173 Å². The fourth-order valence-corrected chi connectivity index (χ4v) is 11.7. The second kappa shape index (κ2) is 29.7. The first-order valence-corrected chi connectivity index (χ1v) is 27.6. The van der Waals surface area contributed by atoms with Crippen molar-refractivity contribution >= 4 is 71.0 Å². The third-order valence-electron chi connectivity index (χ3n) is 15.9. The molecule has 3 heterocycles. The molecule has 0 aliphatic carbocycles. The number of para-hydroxylation sites is 1. The molecule has 2 aliphatic heterocycles. The SMILES string of the molecule is CC[C@H](C)[C@@H]([C@@H](CC(=O)N1CCC[C@H]1[C@H](OC)[C@@H](C)C(=O)C[C@@H](Cc1c[nH]c2ccccc12)C(=O)O)OC)N(C)C(=O)[C@@H](CC(=O)[C@H](C(C)C)N(C)CCCCCCN1C(=O)CC(N[C@H](C=O)CS)C1=O)C(C)C. The second-order valence-corrected chi connectivity index (χ2v) is 22.1.